The monoisotopic (exact) mass is 291 g/mol. The second-order valence-corrected chi connectivity index (χ2v) is 5.77. The van der Waals surface area contributed by atoms with Crippen molar-refractivity contribution < 1.29 is 14.6 Å². The van der Waals surface area contributed by atoms with E-state index >= 15 is 0 Å². The van der Waals surface area contributed by atoms with Gasteiger partial charge in [-0.25, -0.2) is 0 Å². The van der Waals surface area contributed by atoms with Gasteiger partial charge in [-0.3, -0.25) is 4.79 Å². The van der Waals surface area contributed by atoms with E-state index in [4.69, 9.17) is 4.74 Å². The van der Waals surface area contributed by atoms with Crippen LogP contribution in [0.25, 0.3) is 0 Å². The van der Waals surface area contributed by atoms with Gasteiger partial charge >= 0.3 is 0 Å². The zero-order valence-corrected chi connectivity index (χ0v) is 12.9. The van der Waals surface area contributed by atoms with Crippen molar-refractivity contribution in [3.05, 3.63) is 23.8 Å². The average Bonchev–Trinajstić information content (AvgIpc) is 2.53. The van der Waals surface area contributed by atoms with E-state index in [1.165, 1.54) is 45.3 Å². The fourth-order valence-corrected chi connectivity index (χ4v) is 3.17. The Morgan fingerprint density at radius 2 is 2.10 bits per heavy atom. The van der Waals surface area contributed by atoms with Gasteiger partial charge < -0.3 is 15.2 Å². The van der Waals surface area contributed by atoms with Crippen molar-refractivity contribution >= 4 is 5.91 Å². The van der Waals surface area contributed by atoms with Crippen LogP contribution >= 0.6 is 0 Å². The molecule has 2 N–H and O–H groups in total. The lowest BCUT2D eigenvalue weighted by Gasteiger charge is -2.30. The summed E-state index contributed by atoms with van der Waals surface area (Å²) in [7, 11) is 1.53. The van der Waals surface area contributed by atoms with E-state index in [2.05, 4.69) is 12.2 Å². The first kappa shape index (κ1) is 15.7. The molecule has 1 aromatic carbocycles. The zero-order valence-electron chi connectivity index (χ0n) is 12.9. The number of hydrogen-bond acceptors (Lipinski definition) is 3. The molecule has 2 rings (SSSR count). The first-order valence-corrected chi connectivity index (χ1v) is 7.83. The summed E-state index contributed by atoms with van der Waals surface area (Å²) in [6.07, 6.45) is 7.11. The normalized spacial score (nSPS) is 17.2. The topological polar surface area (TPSA) is 58.6 Å². The average molecular weight is 291 g/mol. The van der Waals surface area contributed by atoms with Crippen molar-refractivity contribution in [1.82, 2.24) is 5.32 Å². The van der Waals surface area contributed by atoms with Crippen molar-refractivity contribution in [3.8, 4) is 11.5 Å². The first-order chi connectivity index (χ1) is 10.2. The van der Waals surface area contributed by atoms with Crippen molar-refractivity contribution in [1.29, 1.82) is 0 Å². The van der Waals surface area contributed by atoms with Crippen LogP contribution in [0, 0.1) is 5.92 Å². The Morgan fingerprint density at radius 3 is 2.67 bits per heavy atom. The largest absolute Gasteiger partial charge is 0.507 e. The fourth-order valence-electron chi connectivity index (χ4n) is 3.17. The Kier molecular flexibility index (Phi) is 5.48. The highest BCUT2D eigenvalue weighted by molar-refractivity contribution is 5.97. The Hall–Kier alpha value is -1.71. The van der Waals surface area contributed by atoms with Crippen LogP contribution in [0.1, 0.15) is 55.8 Å². The van der Waals surface area contributed by atoms with Crippen LogP contribution < -0.4 is 10.1 Å². The van der Waals surface area contributed by atoms with Gasteiger partial charge in [-0.1, -0.05) is 26.2 Å². The summed E-state index contributed by atoms with van der Waals surface area (Å²) in [6, 6.07) is 4.96. The molecule has 0 saturated heterocycles. The van der Waals surface area contributed by atoms with Crippen molar-refractivity contribution in [2.75, 3.05) is 7.11 Å². The van der Waals surface area contributed by atoms with Gasteiger partial charge in [0.25, 0.3) is 5.91 Å². The number of benzene rings is 1. The standard InChI is InChI=1S/C17H25NO3/c1-3-15(12-7-5-4-6-8-12)18-17(20)14-10-9-13(21-2)11-16(14)19/h9-12,15,19H,3-8H2,1-2H3,(H,18,20). The van der Waals surface area contributed by atoms with E-state index in [0.717, 1.165) is 6.42 Å². The molecule has 0 aliphatic heterocycles. The molecule has 1 saturated carbocycles. The molecule has 1 aliphatic carbocycles. The van der Waals surface area contributed by atoms with E-state index in [-0.39, 0.29) is 17.7 Å². The number of hydrogen-bond donors (Lipinski definition) is 2. The summed E-state index contributed by atoms with van der Waals surface area (Å²) in [5, 5.41) is 13.0. The number of rotatable bonds is 5. The molecular formula is C17H25NO3. The minimum absolute atomic E-state index is 0.0367. The quantitative estimate of drug-likeness (QED) is 0.873. The van der Waals surface area contributed by atoms with E-state index in [0.29, 0.717) is 17.2 Å². The highest BCUT2D eigenvalue weighted by atomic mass is 16.5. The van der Waals surface area contributed by atoms with Gasteiger partial charge in [-0.2, -0.15) is 0 Å². The maximum atomic E-state index is 12.4. The predicted octanol–water partition coefficient (Wildman–Crippen LogP) is 3.49. The molecule has 0 aromatic heterocycles. The second-order valence-electron chi connectivity index (χ2n) is 5.77. The smallest absolute Gasteiger partial charge is 0.255 e. The number of methoxy groups -OCH3 is 1. The number of ether oxygens (including phenoxy) is 1. The molecule has 0 radical (unpaired) electrons. The van der Waals surface area contributed by atoms with Crippen molar-refractivity contribution in [2.24, 2.45) is 5.92 Å². The van der Waals surface area contributed by atoms with Crippen LogP contribution in [0.5, 0.6) is 11.5 Å². The van der Waals surface area contributed by atoms with Crippen LogP contribution in [-0.2, 0) is 0 Å². The minimum Gasteiger partial charge on any atom is -0.507 e. The maximum absolute atomic E-state index is 12.4. The molecular weight excluding hydrogens is 266 g/mol. The van der Waals surface area contributed by atoms with Crippen LogP contribution in [0.3, 0.4) is 0 Å². The van der Waals surface area contributed by atoms with Gasteiger partial charge in [-0.15, -0.1) is 0 Å². The summed E-state index contributed by atoms with van der Waals surface area (Å²) < 4.78 is 5.04. The second kappa shape index (κ2) is 7.34. The van der Waals surface area contributed by atoms with Crippen LogP contribution in [0.4, 0.5) is 0 Å². The van der Waals surface area contributed by atoms with Crippen LogP contribution in [-0.4, -0.2) is 24.2 Å². The number of carbonyl (C=O) groups excluding carboxylic acids is 1. The first-order valence-electron chi connectivity index (χ1n) is 7.83. The van der Waals surface area contributed by atoms with Crippen molar-refractivity contribution in [2.45, 2.75) is 51.5 Å². The Balaban J connectivity index is 2.05. The van der Waals surface area contributed by atoms with Crippen LogP contribution in [0.15, 0.2) is 18.2 Å². The van der Waals surface area contributed by atoms with Gasteiger partial charge in [0, 0.05) is 12.1 Å². The molecule has 21 heavy (non-hydrogen) atoms. The number of nitrogens with one attached hydrogen (secondary N) is 1. The summed E-state index contributed by atoms with van der Waals surface area (Å²) in [4.78, 5) is 12.4. The number of amides is 1. The molecule has 0 bridgehead atoms. The lowest BCUT2D eigenvalue weighted by atomic mass is 9.83. The Morgan fingerprint density at radius 1 is 1.38 bits per heavy atom. The van der Waals surface area contributed by atoms with Gasteiger partial charge in [0.1, 0.15) is 11.5 Å². The molecule has 1 aromatic rings. The van der Waals surface area contributed by atoms with E-state index < -0.39 is 0 Å². The molecule has 4 nitrogen and oxygen atoms in total. The number of phenolic OH excluding ortho intramolecular Hbond substituents is 1. The van der Waals surface area contributed by atoms with Gasteiger partial charge in [0.05, 0.1) is 12.7 Å². The number of phenols is 1. The van der Waals surface area contributed by atoms with Crippen LogP contribution in [0.2, 0.25) is 0 Å². The highest BCUT2D eigenvalue weighted by Crippen LogP contribution is 2.29. The minimum atomic E-state index is -0.201. The Bertz CT molecular complexity index is 481. The Labute approximate surface area is 126 Å². The third kappa shape index (κ3) is 3.90. The highest BCUT2D eigenvalue weighted by Gasteiger charge is 2.24. The van der Waals surface area contributed by atoms with E-state index in [1.54, 1.807) is 12.1 Å². The fraction of sp³-hybridized carbons (Fsp3) is 0.588. The third-order valence-corrected chi connectivity index (χ3v) is 4.42. The zero-order chi connectivity index (χ0) is 15.2. The molecule has 1 amide bonds. The molecule has 0 heterocycles. The number of aromatic hydroxyl groups is 1. The SMILES string of the molecule is CCC(NC(=O)c1ccc(OC)cc1O)C1CCCCC1. The number of carbonyl (C=O) groups is 1. The van der Waals surface area contributed by atoms with Gasteiger partial charge in [0.2, 0.25) is 0 Å². The molecule has 1 unspecified atom stereocenters. The lowest BCUT2D eigenvalue weighted by Crippen LogP contribution is -2.40. The summed E-state index contributed by atoms with van der Waals surface area (Å²) >= 11 is 0. The van der Waals surface area contributed by atoms with E-state index in [1.807, 2.05) is 0 Å². The summed E-state index contributed by atoms with van der Waals surface area (Å²) in [6.45, 7) is 2.10. The summed E-state index contributed by atoms with van der Waals surface area (Å²) in [5.74, 6) is 0.870. The predicted molar refractivity (Wildman–Crippen MR) is 82.8 cm³/mol. The molecule has 1 aliphatic rings. The van der Waals surface area contributed by atoms with E-state index in [9.17, 15) is 9.90 Å². The maximum Gasteiger partial charge on any atom is 0.255 e. The molecule has 4 heteroatoms. The van der Waals surface area contributed by atoms with Crippen molar-refractivity contribution in [3.63, 3.8) is 0 Å². The molecule has 0 spiro atoms. The third-order valence-electron chi connectivity index (χ3n) is 4.42. The molecule has 1 fully saturated rings. The molecule has 116 valence electrons. The van der Waals surface area contributed by atoms with Gasteiger partial charge in [-0.05, 0) is 37.3 Å². The van der Waals surface area contributed by atoms with Gasteiger partial charge in [0.15, 0.2) is 0 Å². The molecule has 1 atom stereocenters. The summed E-state index contributed by atoms with van der Waals surface area (Å²) in [5.41, 5.74) is 0.310. The lowest BCUT2D eigenvalue weighted by molar-refractivity contribution is 0.0908.